The average Bonchev–Trinajstić information content (AvgIpc) is 2.80. The Hall–Kier alpha value is -2.98. The van der Waals surface area contributed by atoms with Gasteiger partial charge in [-0.2, -0.15) is 5.26 Å². The highest BCUT2D eigenvalue weighted by Crippen LogP contribution is 2.36. The van der Waals surface area contributed by atoms with Crippen LogP contribution in [-0.2, 0) is 11.4 Å². The van der Waals surface area contributed by atoms with Gasteiger partial charge in [0.2, 0.25) is 0 Å². The Morgan fingerprint density at radius 3 is 2.53 bits per heavy atom. The Morgan fingerprint density at radius 1 is 1.09 bits per heavy atom. The number of nitriles is 1. The summed E-state index contributed by atoms with van der Waals surface area (Å²) in [7, 11) is 0. The molecule has 0 unspecified atom stereocenters. The number of hydrogen-bond acceptors (Lipinski definition) is 4. The molecule has 0 aliphatic heterocycles. The van der Waals surface area contributed by atoms with Crippen LogP contribution in [0.15, 0.2) is 64.6 Å². The number of nitrogens with zero attached hydrogens (tertiary/aromatic N) is 1. The van der Waals surface area contributed by atoms with Gasteiger partial charge in [-0.05, 0) is 73.0 Å². The molecule has 0 radical (unpaired) electrons. The average molecular weight is 560 g/mol. The molecule has 34 heavy (non-hydrogen) atoms. The van der Waals surface area contributed by atoms with Gasteiger partial charge in [0, 0.05) is 10.2 Å². The lowest BCUT2D eigenvalue weighted by atomic mass is 10.1. The van der Waals surface area contributed by atoms with Crippen molar-refractivity contribution in [2.45, 2.75) is 20.5 Å². The van der Waals surface area contributed by atoms with E-state index in [2.05, 4.69) is 21.2 Å². The number of carbonyl (C=O) groups excluding carboxylic acids is 1. The van der Waals surface area contributed by atoms with Gasteiger partial charge < -0.3 is 14.8 Å². The van der Waals surface area contributed by atoms with Gasteiger partial charge in [0.15, 0.2) is 11.5 Å². The highest BCUT2D eigenvalue weighted by atomic mass is 79.9. The van der Waals surface area contributed by atoms with Crippen molar-refractivity contribution >= 4 is 56.8 Å². The van der Waals surface area contributed by atoms with E-state index in [9.17, 15) is 10.1 Å². The predicted octanol–water partition coefficient (Wildman–Crippen LogP) is 7.59. The molecule has 0 aromatic heterocycles. The van der Waals surface area contributed by atoms with Crippen LogP contribution >= 0.6 is 39.1 Å². The van der Waals surface area contributed by atoms with E-state index in [1.807, 2.05) is 44.2 Å². The molecular formula is C26H21BrCl2N2O3. The summed E-state index contributed by atoms with van der Waals surface area (Å²) in [6.07, 6.45) is 1.50. The molecule has 0 saturated heterocycles. The van der Waals surface area contributed by atoms with Crippen LogP contribution in [0.4, 0.5) is 5.69 Å². The van der Waals surface area contributed by atoms with E-state index in [1.54, 1.807) is 30.3 Å². The fraction of sp³-hybridized carbons (Fsp3) is 0.154. The predicted molar refractivity (Wildman–Crippen MR) is 140 cm³/mol. The third kappa shape index (κ3) is 6.77. The van der Waals surface area contributed by atoms with E-state index < -0.39 is 5.91 Å². The SMILES string of the molecule is CCOc1cc(/C=C(\C#N)C(=O)Nc2cccc(C)c2)c(Br)cc1OCc1ccc(Cl)c(Cl)c1. The molecule has 0 atom stereocenters. The quantitative estimate of drug-likeness (QED) is 0.228. The van der Waals surface area contributed by atoms with E-state index in [1.165, 1.54) is 6.08 Å². The molecule has 3 aromatic carbocycles. The van der Waals surface area contributed by atoms with Crippen molar-refractivity contribution in [1.82, 2.24) is 0 Å². The molecule has 3 aromatic rings. The second-order valence-corrected chi connectivity index (χ2v) is 8.95. The number of benzene rings is 3. The van der Waals surface area contributed by atoms with Crippen LogP contribution in [0.3, 0.4) is 0 Å². The number of rotatable bonds is 8. The number of amides is 1. The summed E-state index contributed by atoms with van der Waals surface area (Å²) in [5, 5.41) is 13.3. The first-order valence-corrected chi connectivity index (χ1v) is 11.9. The highest BCUT2D eigenvalue weighted by molar-refractivity contribution is 9.10. The number of hydrogen-bond donors (Lipinski definition) is 1. The lowest BCUT2D eigenvalue weighted by Gasteiger charge is -2.14. The van der Waals surface area contributed by atoms with Crippen LogP contribution in [-0.4, -0.2) is 12.5 Å². The van der Waals surface area contributed by atoms with E-state index >= 15 is 0 Å². The molecule has 174 valence electrons. The molecule has 5 nitrogen and oxygen atoms in total. The lowest BCUT2D eigenvalue weighted by Crippen LogP contribution is -2.13. The molecule has 0 fully saturated rings. The first-order chi connectivity index (χ1) is 16.3. The Bertz CT molecular complexity index is 1290. The van der Waals surface area contributed by atoms with Crippen LogP contribution in [0.2, 0.25) is 10.0 Å². The van der Waals surface area contributed by atoms with Crippen molar-refractivity contribution < 1.29 is 14.3 Å². The monoisotopic (exact) mass is 558 g/mol. The van der Waals surface area contributed by atoms with Gasteiger partial charge in [0.25, 0.3) is 5.91 Å². The number of carbonyl (C=O) groups is 1. The van der Waals surface area contributed by atoms with Crippen molar-refractivity contribution in [1.29, 1.82) is 5.26 Å². The second-order valence-electron chi connectivity index (χ2n) is 7.28. The van der Waals surface area contributed by atoms with Crippen LogP contribution < -0.4 is 14.8 Å². The van der Waals surface area contributed by atoms with E-state index in [-0.39, 0.29) is 12.2 Å². The minimum atomic E-state index is -0.502. The molecule has 0 spiro atoms. The molecule has 8 heteroatoms. The summed E-state index contributed by atoms with van der Waals surface area (Å²) in [5.41, 5.74) is 3.01. The first kappa shape index (κ1) is 25.6. The number of ether oxygens (including phenoxy) is 2. The highest BCUT2D eigenvalue weighted by Gasteiger charge is 2.15. The summed E-state index contributed by atoms with van der Waals surface area (Å²) in [4.78, 5) is 12.7. The van der Waals surface area contributed by atoms with Gasteiger partial charge in [0.05, 0.1) is 16.7 Å². The minimum Gasteiger partial charge on any atom is -0.490 e. The zero-order valence-corrected chi connectivity index (χ0v) is 21.6. The Balaban J connectivity index is 1.85. The summed E-state index contributed by atoms with van der Waals surface area (Å²) in [6.45, 7) is 4.44. The molecule has 1 N–H and O–H groups in total. The van der Waals surface area contributed by atoms with Gasteiger partial charge in [-0.3, -0.25) is 4.79 Å². The molecule has 0 aliphatic carbocycles. The Morgan fingerprint density at radius 2 is 1.85 bits per heavy atom. The lowest BCUT2D eigenvalue weighted by molar-refractivity contribution is -0.112. The Kier molecular flexibility index (Phi) is 9.00. The van der Waals surface area contributed by atoms with Crippen LogP contribution in [0, 0.1) is 18.3 Å². The van der Waals surface area contributed by atoms with Crippen molar-refractivity contribution in [3.8, 4) is 17.6 Å². The van der Waals surface area contributed by atoms with Gasteiger partial charge in [-0.15, -0.1) is 0 Å². The van der Waals surface area contributed by atoms with Gasteiger partial charge in [0.1, 0.15) is 18.2 Å². The zero-order chi connectivity index (χ0) is 24.7. The summed E-state index contributed by atoms with van der Waals surface area (Å²) >= 11 is 15.6. The topological polar surface area (TPSA) is 71.3 Å². The van der Waals surface area contributed by atoms with Gasteiger partial charge >= 0.3 is 0 Å². The second kappa shape index (κ2) is 11.9. The molecule has 1 amide bonds. The molecule has 0 saturated carbocycles. The first-order valence-electron chi connectivity index (χ1n) is 10.3. The van der Waals surface area contributed by atoms with Crippen molar-refractivity contribution in [2.75, 3.05) is 11.9 Å². The third-order valence-corrected chi connectivity index (χ3v) is 6.11. The van der Waals surface area contributed by atoms with Crippen LogP contribution in [0.5, 0.6) is 11.5 Å². The maximum atomic E-state index is 12.7. The number of aryl methyl sites for hydroxylation is 1. The Labute approximate surface area is 217 Å². The maximum Gasteiger partial charge on any atom is 0.266 e. The summed E-state index contributed by atoms with van der Waals surface area (Å²) < 4.78 is 12.3. The number of nitrogens with one attached hydrogen (secondary N) is 1. The van der Waals surface area contributed by atoms with E-state index in [4.69, 9.17) is 32.7 Å². The van der Waals surface area contributed by atoms with Crippen molar-refractivity contribution in [2.24, 2.45) is 0 Å². The van der Waals surface area contributed by atoms with Gasteiger partial charge in [-0.1, -0.05) is 57.3 Å². The largest absolute Gasteiger partial charge is 0.490 e. The van der Waals surface area contributed by atoms with Crippen LogP contribution in [0.25, 0.3) is 6.08 Å². The maximum absolute atomic E-state index is 12.7. The number of halogens is 3. The zero-order valence-electron chi connectivity index (χ0n) is 18.5. The smallest absolute Gasteiger partial charge is 0.266 e. The third-order valence-electron chi connectivity index (χ3n) is 4.68. The van der Waals surface area contributed by atoms with Crippen molar-refractivity contribution in [3.05, 3.63) is 91.4 Å². The fourth-order valence-electron chi connectivity index (χ4n) is 3.06. The number of anilines is 1. The fourth-order valence-corrected chi connectivity index (χ4v) is 3.82. The molecule has 0 bridgehead atoms. The molecule has 0 heterocycles. The molecule has 0 aliphatic rings. The van der Waals surface area contributed by atoms with Crippen molar-refractivity contribution in [3.63, 3.8) is 0 Å². The summed E-state index contributed by atoms with van der Waals surface area (Å²) in [5.74, 6) is 0.478. The van der Waals surface area contributed by atoms with Crippen LogP contribution in [0.1, 0.15) is 23.6 Å². The van der Waals surface area contributed by atoms with E-state index in [0.29, 0.717) is 43.9 Å². The minimum absolute atomic E-state index is 0.0471. The standard InChI is InChI=1S/C26H21BrCl2N2O3/c1-3-33-24-12-18(11-19(14-30)26(32)31-20-6-4-5-16(2)9-20)21(27)13-25(24)34-15-17-7-8-22(28)23(29)10-17/h4-13H,3,15H2,1-2H3,(H,31,32)/b19-11+. The normalized spacial score (nSPS) is 11.0. The van der Waals surface area contributed by atoms with Gasteiger partial charge in [-0.25, -0.2) is 0 Å². The molecular weight excluding hydrogens is 539 g/mol. The van der Waals surface area contributed by atoms with E-state index in [0.717, 1.165) is 11.1 Å². The summed E-state index contributed by atoms with van der Waals surface area (Å²) in [6, 6.07) is 18.1. The molecule has 3 rings (SSSR count).